The molecular formula is C23H29N3O6S2. The fraction of sp³-hybridized carbons (Fsp3) is 0.522. The highest BCUT2D eigenvalue weighted by atomic mass is 32.2. The van der Waals surface area contributed by atoms with Gasteiger partial charge in [-0.3, -0.25) is 10.1 Å². The normalized spacial score (nSPS) is 19.7. The predicted molar refractivity (Wildman–Crippen MR) is 133 cm³/mol. The summed E-state index contributed by atoms with van der Waals surface area (Å²) in [7, 11) is 0. The highest BCUT2D eigenvalue weighted by Crippen LogP contribution is 2.45. The molecule has 0 N–H and O–H groups in total. The molecule has 2 heterocycles. The molecule has 0 saturated heterocycles. The lowest BCUT2D eigenvalue weighted by Gasteiger charge is -2.37. The van der Waals surface area contributed by atoms with Crippen molar-refractivity contribution in [2.75, 3.05) is 18.6 Å². The zero-order valence-corrected chi connectivity index (χ0v) is 21.6. The second-order valence-corrected chi connectivity index (χ2v) is 10.7. The van der Waals surface area contributed by atoms with Crippen LogP contribution in [0.15, 0.2) is 39.4 Å². The third kappa shape index (κ3) is 5.75. The van der Waals surface area contributed by atoms with Crippen LogP contribution in [0.5, 0.6) is 0 Å². The Bertz CT molecular complexity index is 1050. The Hall–Kier alpha value is -2.53. The number of thioether (sulfide) groups is 2. The Balaban J connectivity index is 2.30. The zero-order valence-electron chi connectivity index (χ0n) is 20.0. The number of nitrogens with zero attached hydrogens (tertiary/aromatic N) is 3. The number of cyclic esters (lactones) is 1. The molecular weight excluding hydrogens is 478 g/mol. The summed E-state index contributed by atoms with van der Waals surface area (Å²) in [5.41, 5.74) is 0.175. The van der Waals surface area contributed by atoms with Crippen LogP contribution < -0.4 is 0 Å². The quantitative estimate of drug-likeness (QED) is 0.270. The fourth-order valence-corrected chi connectivity index (χ4v) is 5.54. The minimum Gasteiger partial charge on any atom is -0.462 e. The van der Waals surface area contributed by atoms with Crippen LogP contribution in [0.2, 0.25) is 0 Å². The molecule has 1 atom stereocenters. The second kappa shape index (κ2) is 10.8. The summed E-state index contributed by atoms with van der Waals surface area (Å²) in [6, 6.07) is 3.74. The lowest BCUT2D eigenvalue weighted by molar-refractivity contribution is -0.387. The van der Waals surface area contributed by atoms with Gasteiger partial charge in [0.2, 0.25) is 0 Å². The molecule has 0 spiro atoms. The molecule has 1 unspecified atom stereocenters. The Morgan fingerprint density at radius 3 is 2.71 bits per heavy atom. The maximum atomic E-state index is 13.4. The van der Waals surface area contributed by atoms with E-state index in [2.05, 4.69) is 4.99 Å². The molecule has 0 saturated carbocycles. The molecule has 34 heavy (non-hydrogen) atoms. The number of carbonyl (C=O) groups excluding carboxylic acids is 2. The number of esters is 1. The minimum atomic E-state index is -0.982. The average molecular weight is 508 g/mol. The van der Waals surface area contributed by atoms with E-state index >= 15 is 0 Å². The molecule has 0 aromatic heterocycles. The molecule has 2 aliphatic rings. The Kier molecular flexibility index (Phi) is 8.29. The van der Waals surface area contributed by atoms with E-state index < -0.39 is 28.6 Å². The van der Waals surface area contributed by atoms with Gasteiger partial charge < -0.3 is 9.47 Å². The number of rotatable bonds is 1. The zero-order chi connectivity index (χ0) is 25.0. The van der Waals surface area contributed by atoms with Gasteiger partial charge in [0.1, 0.15) is 11.6 Å². The molecule has 184 valence electrons. The van der Waals surface area contributed by atoms with Crippen molar-refractivity contribution in [3.8, 4) is 0 Å². The number of aliphatic imine (C=N–C) groups is 1. The van der Waals surface area contributed by atoms with Gasteiger partial charge in [0.25, 0.3) is 5.69 Å². The SMILES string of the molecule is CSC1=NC(C)=C2C(=O)OCCCCCSc3c(cccc3[N+](=O)[O-])C2N1C(=O)OC(C)(C)C. The van der Waals surface area contributed by atoms with Crippen molar-refractivity contribution in [1.82, 2.24) is 4.90 Å². The van der Waals surface area contributed by atoms with E-state index in [1.54, 1.807) is 46.1 Å². The predicted octanol–water partition coefficient (Wildman–Crippen LogP) is 5.70. The molecule has 1 amide bonds. The molecule has 9 nitrogen and oxygen atoms in total. The topological polar surface area (TPSA) is 111 Å². The number of amides is 1. The van der Waals surface area contributed by atoms with Gasteiger partial charge >= 0.3 is 12.1 Å². The molecule has 0 bridgehead atoms. The van der Waals surface area contributed by atoms with Crippen LogP contribution in [0.3, 0.4) is 0 Å². The van der Waals surface area contributed by atoms with E-state index in [0.717, 1.165) is 12.8 Å². The number of nitro groups is 1. The van der Waals surface area contributed by atoms with Crippen LogP contribution in [0.4, 0.5) is 10.5 Å². The lowest BCUT2D eigenvalue weighted by Crippen LogP contribution is -2.45. The van der Waals surface area contributed by atoms with Gasteiger partial charge in [-0.1, -0.05) is 23.9 Å². The number of ether oxygens (including phenoxy) is 2. The number of amidine groups is 1. The van der Waals surface area contributed by atoms with E-state index in [1.165, 1.54) is 34.5 Å². The summed E-state index contributed by atoms with van der Waals surface area (Å²) in [4.78, 5) is 44.5. The monoisotopic (exact) mass is 507 g/mol. The Labute approximate surface area is 207 Å². The van der Waals surface area contributed by atoms with Gasteiger partial charge in [-0.05, 0) is 59.0 Å². The summed E-state index contributed by atoms with van der Waals surface area (Å²) in [5.74, 6) is 0.0647. The highest BCUT2D eigenvalue weighted by Gasteiger charge is 2.43. The molecule has 11 heteroatoms. The maximum Gasteiger partial charge on any atom is 0.417 e. The molecule has 1 aromatic rings. The van der Waals surface area contributed by atoms with E-state index in [0.29, 0.717) is 33.5 Å². The van der Waals surface area contributed by atoms with E-state index in [4.69, 9.17) is 9.47 Å². The molecule has 0 aliphatic carbocycles. The van der Waals surface area contributed by atoms with Crippen molar-refractivity contribution in [2.24, 2.45) is 4.99 Å². The smallest absolute Gasteiger partial charge is 0.417 e. The highest BCUT2D eigenvalue weighted by molar-refractivity contribution is 8.13. The van der Waals surface area contributed by atoms with E-state index in [-0.39, 0.29) is 17.9 Å². The van der Waals surface area contributed by atoms with Crippen molar-refractivity contribution in [3.05, 3.63) is 45.1 Å². The number of nitro benzene ring substituents is 1. The van der Waals surface area contributed by atoms with Crippen LogP contribution in [0, 0.1) is 10.1 Å². The van der Waals surface area contributed by atoms with Crippen LogP contribution in [-0.2, 0) is 14.3 Å². The van der Waals surface area contributed by atoms with Crippen molar-refractivity contribution < 1.29 is 24.0 Å². The summed E-state index contributed by atoms with van der Waals surface area (Å²) < 4.78 is 11.2. The number of benzene rings is 1. The molecule has 2 aliphatic heterocycles. The molecule has 1 aromatic carbocycles. The van der Waals surface area contributed by atoms with Crippen LogP contribution >= 0.6 is 23.5 Å². The van der Waals surface area contributed by atoms with Gasteiger partial charge in [-0.25, -0.2) is 19.5 Å². The first-order valence-corrected chi connectivity index (χ1v) is 13.2. The van der Waals surface area contributed by atoms with Gasteiger partial charge in [0.15, 0.2) is 5.17 Å². The summed E-state index contributed by atoms with van der Waals surface area (Å²) in [6.45, 7) is 7.17. The summed E-state index contributed by atoms with van der Waals surface area (Å²) >= 11 is 2.60. The standard InChI is InChI=1S/C23H29N3O6S2/c1-14-17-18(25(21(24-14)33-5)22(28)32-23(2,3)4)15-10-9-11-16(26(29)30)19(15)34-13-8-6-7-12-31-20(17)27/h9-11,18H,6-8,12-13H2,1-5H3. The third-order valence-corrected chi connectivity index (χ3v) is 7.05. The number of hydrogen-bond donors (Lipinski definition) is 0. The average Bonchev–Trinajstić information content (AvgIpc) is 2.75. The summed E-state index contributed by atoms with van der Waals surface area (Å²) in [6.07, 6.45) is 3.40. The van der Waals surface area contributed by atoms with Crippen molar-refractivity contribution in [1.29, 1.82) is 0 Å². The lowest BCUT2D eigenvalue weighted by atomic mass is 9.94. The van der Waals surface area contributed by atoms with E-state index in [1.807, 2.05) is 0 Å². The number of hydrogen-bond acceptors (Lipinski definition) is 9. The van der Waals surface area contributed by atoms with Gasteiger partial charge in [0.05, 0.1) is 27.7 Å². The second-order valence-electron chi connectivity index (χ2n) is 8.85. The van der Waals surface area contributed by atoms with Gasteiger partial charge in [-0.15, -0.1) is 11.8 Å². The van der Waals surface area contributed by atoms with Crippen molar-refractivity contribution >= 4 is 46.4 Å². The number of carbonyl (C=O) groups is 2. The maximum absolute atomic E-state index is 13.4. The summed E-state index contributed by atoms with van der Waals surface area (Å²) in [5, 5.41) is 12.3. The van der Waals surface area contributed by atoms with Crippen molar-refractivity contribution in [3.63, 3.8) is 0 Å². The number of fused-ring (bicyclic) bond motifs is 3. The first-order chi connectivity index (χ1) is 16.0. The van der Waals surface area contributed by atoms with Crippen LogP contribution in [0.1, 0.15) is 58.6 Å². The van der Waals surface area contributed by atoms with Crippen LogP contribution in [-0.4, -0.2) is 51.3 Å². The molecule has 0 radical (unpaired) electrons. The third-order valence-electron chi connectivity index (χ3n) is 5.17. The largest absolute Gasteiger partial charge is 0.462 e. The minimum absolute atomic E-state index is 0.0673. The molecule has 0 fully saturated rings. The first-order valence-electron chi connectivity index (χ1n) is 11.0. The van der Waals surface area contributed by atoms with E-state index in [9.17, 15) is 19.7 Å². The molecule has 3 rings (SSSR count). The van der Waals surface area contributed by atoms with Gasteiger partial charge in [-0.2, -0.15) is 0 Å². The fourth-order valence-electron chi connectivity index (χ4n) is 3.74. The van der Waals surface area contributed by atoms with Crippen molar-refractivity contribution in [2.45, 2.75) is 63.5 Å². The number of allylic oxidation sites excluding steroid dienone is 1. The first kappa shape index (κ1) is 26.1. The van der Waals surface area contributed by atoms with Crippen LogP contribution in [0.25, 0.3) is 0 Å². The Morgan fingerprint density at radius 2 is 2.06 bits per heavy atom. The Morgan fingerprint density at radius 1 is 1.32 bits per heavy atom. The van der Waals surface area contributed by atoms with Gasteiger partial charge in [0, 0.05) is 11.6 Å².